The summed E-state index contributed by atoms with van der Waals surface area (Å²) in [6.45, 7) is 17.2. The lowest BCUT2D eigenvalue weighted by Gasteiger charge is -2.71. The lowest BCUT2D eigenvalue weighted by Crippen LogP contribution is -2.68. The number of allylic oxidation sites excluding steroid dienone is 2. The molecule has 0 aromatic rings. The van der Waals surface area contributed by atoms with Crippen LogP contribution in [0.15, 0.2) is 11.6 Å². The Morgan fingerprint density at radius 3 is 1.70 bits per heavy atom. The standard InChI is InChI=1S/C58H94O25.CH4N2O2/c1-23-44(80-47-40(69)34(63)27(60)21-74-47)38(67)42(71)48(76-23)79-33-13-14-55(7)30(54(33,5)6)12-15-56(8)31(55)11-10-25-26-18-53(3,4)16-17-58(26,32(62)19-57(25,56)9)52(73)83-51-46(35(64)28(61)22-75-51)82-49-43(72)39(68)45(24(2)77-49)81-50-41(70)37(66)36(65)29(20-59)78-50;2-1(4)3-5/h10,23-24,26-51,59-72H,11-22H2,1-9H3;5H,(H3,2,3,4). The molecule has 0 bridgehead atoms. The van der Waals surface area contributed by atoms with Crippen LogP contribution >= 0.6 is 0 Å². The topological polar surface area (TPSA) is 468 Å². The minimum Gasteiger partial charge on any atom is -0.432 e. The van der Waals surface area contributed by atoms with E-state index < -0.39 is 201 Å². The fourth-order valence-electron chi connectivity index (χ4n) is 17.5. The van der Waals surface area contributed by atoms with Gasteiger partial charge in [0.25, 0.3) is 0 Å². The largest absolute Gasteiger partial charge is 0.432 e. The number of carbonyl (C=O) groups is 2. The van der Waals surface area contributed by atoms with E-state index in [1.54, 1.807) is 6.92 Å². The number of primary amides is 1. The zero-order chi connectivity index (χ0) is 64.9. The minimum atomic E-state index is -1.93. The second-order valence-electron chi connectivity index (χ2n) is 28.7. The maximum atomic E-state index is 15.4. The molecule has 32 atom stereocenters. The summed E-state index contributed by atoms with van der Waals surface area (Å²) in [4.78, 5) is 24.6. The van der Waals surface area contributed by atoms with Crippen LogP contribution in [0.4, 0.5) is 4.79 Å². The maximum Gasteiger partial charge on any atom is 0.335 e. The Hall–Kier alpha value is -2.48. The SMILES string of the molecule is CC1OC(OC2CCC3(C)C(CCC4(C)C3CC=C3C5CC(C)(C)CCC5(C(=O)OC5OCC(O)C(O)C5OC5OC(C)C(OC6OC(CO)C(O)C(O)C6O)C(O)C5O)C(O)CC34C)C2(C)C)C(O)C(O)C1OC1OCC(O)C(O)C1O.NC(=O)NO. The molecule has 10 rings (SSSR count). The summed E-state index contributed by atoms with van der Waals surface area (Å²) in [5.74, 6) is -1.00. The second kappa shape index (κ2) is 26.0. The van der Waals surface area contributed by atoms with E-state index >= 15 is 4.79 Å². The number of ether oxygens (including phenoxy) is 10. The number of aliphatic hydroxyl groups excluding tert-OH is 14. The van der Waals surface area contributed by atoms with E-state index in [4.69, 9.17) is 52.6 Å². The van der Waals surface area contributed by atoms with E-state index in [2.05, 4.69) is 60.3 Å². The highest BCUT2D eigenvalue weighted by Crippen LogP contribution is 2.76. The first-order chi connectivity index (χ1) is 41.0. The predicted octanol–water partition coefficient (Wildman–Crippen LogP) is -2.86. The minimum absolute atomic E-state index is 0.129. The molecule has 0 aromatic carbocycles. The third-order valence-corrected chi connectivity index (χ3v) is 22.8. The predicted molar refractivity (Wildman–Crippen MR) is 296 cm³/mol. The molecule has 4 saturated carbocycles. The number of hydrogen-bond acceptors (Lipinski definition) is 27. The van der Waals surface area contributed by atoms with Gasteiger partial charge in [0, 0.05) is 0 Å². The van der Waals surface area contributed by atoms with Crippen LogP contribution in [0.25, 0.3) is 0 Å². The van der Waals surface area contributed by atoms with Crippen molar-refractivity contribution in [2.75, 3.05) is 19.8 Å². The number of hydroxylamine groups is 1. The molecule has 9 fully saturated rings. The molecular weight excluding hydrogens is 1170 g/mol. The third-order valence-electron chi connectivity index (χ3n) is 22.8. The summed E-state index contributed by atoms with van der Waals surface area (Å²) in [5, 5.41) is 160. The molecule has 29 heteroatoms. The summed E-state index contributed by atoms with van der Waals surface area (Å²) >= 11 is 0. The van der Waals surface area contributed by atoms with Crippen molar-refractivity contribution in [1.29, 1.82) is 0 Å². The fourth-order valence-corrected chi connectivity index (χ4v) is 17.5. The van der Waals surface area contributed by atoms with Crippen molar-refractivity contribution < 1.29 is 134 Å². The molecule has 18 N–H and O–H groups in total. The van der Waals surface area contributed by atoms with E-state index in [1.165, 1.54) is 12.4 Å². The summed E-state index contributed by atoms with van der Waals surface area (Å²) in [6.07, 6.45) is -29.2. The van der Waals surface area contributed by atoms with Gasteiger partial charge in [0.15, 0.2) is 31.3 Å². The van der Waals surface area contributed by atoms with Crippen LogP contribution in [0, 0.1) is 50.2 Å². The van der Waals surface area contributed by atoms with Gasteiger partial charge in [-0.25, -0.2) is 10.3 Å². The van der Waals surface area contributed by atoms with Crippen molar-refractivity contribution in [3.8, 4) is 0 Å². The molecule has 0 spiro atoms. The first-order valence-corrected chi connectivity index (χ1v) is 30.9. The Bertz CT molecular complexity index is 2460. The summed E-state index contributed by atoms with van der Waals surface area (Å²) < 4.78 is 59.6. The molecule has 2 amide bonds. The van der Waals surface area contributed by atoms with Gasteiger partial charge in [-0.1, -0.05) is 60.1 Å². The number of carbonyl (C=O) groups excluding carboxylic acids is 2. The van der Waals surface area contributed by atoms with E-state index in [0.29, 0.717) is 25.7 Å². The average molecular weight is 1270 g/mol. The smallest absolute Gasteiger partial charge is 0.335 e. The van der Waals surface area contributed by atoms with E-state index in [9.17, 15) is 76.3 Å². The molecule has 5 saturated heterocycles. The third kappa shape index (κ3) is 12.1. The maximum absolute atomic E-state index is 15.4. The molecule has 5 aliphatic carbocycles. The molecular formula is C59H98N2O27. The lowest BCUT2D eigenvalue weighted by molar-refractivity contribution is -0.374. The Labute approximate surface area is 510 Å². The molecule has 29 nitrogen and oxygen atoms in total. The van der Waals surface area contributed by atoms with Crippen molar-refractivity contribution in [3.63, 3.8) is 0 Å². The van der Waals surface area contributed by atoms with Crippen LogP contribution in [0.1, 0.15) is 120 Å². The highest BCUT2D eigenvalue weighted by Gasteiger charge is 2.72. The number of urea groups is 1. The number of esters is 1. The van der Waals surface area contributed by atoms with Gasteiger partial charge >= 0.3 is 12.0 Å². The normalized spacial score (nSPS) is 52.4. The molecule has 10 aliphatic rings. The first-order valence-electron chi connectivity index (χ1n) is 30.9. The Balaban J connectivity index is 0.00000177. The van der Waals surface area contributed by atoms with Crippen LogP contribution < -0.4 is 11.2 Å². The highest BCUT2D eigenvalue weighted by atomic mass is 16.8. The van der Waals surface area contributed by atoms with Crippen LogP contribution in [0.2, 0.25) is 0 Å². The van der Waals surface area contributed by atoms with E-state index in [1.807, 2.05) is 0 Å². The highest BCUT2D eigenvalue weighted by molar-refractivity contribution is 5.80. The molecule has 32 unspecified atom stereocenters. The van der Waals surface area contributed by atoms with Gasteiger partial charge in [-0.15, -0.1) is 0 Å². The number of nitrogens with one attached hydrogen (secondary N) is 1. The molecule has 88 heavy (non-hydrogen) atoms. The van der Waals surface area contributed by atoms with Gasteiger partial charge in [0.05, 0.1) is 44.2 Å². The molecule has 5 aliphatic heterocycles. The number of rotatable bonds is 11. The zero-order valence-electron chi connectivity index (χ0n) is 51.4. The molecule has 0 radical (unpaired) electrons. The second-order valence-corrected chi connectivity index (χ2v) is 28.7. The average Bonchev–Trinajstić information content (AvgIpc) is 0.851. The van der Waals surface area contributed by atoms with Gasteiger partial charge in [0.2, 0.25) is 6.29 Å². The van der Waals surface area contributed by atoms with Crippen LogP contribution in [-0.4, -0.2) is 262 Å². The first kappa shape index (κ1) is 69.9. The summed E-state index contributed by atoms with van der Waals surface area (Å²) in [5.41, 5.74) is 3.18. The van der Waals surface area contributed by atoms with E-state index in [-0.39, 0.29) is 47.5 Å². The van der Waals surface area contributed by atoms with Crippen molar-refractivity contribution in [3.05, 3.63) is 11.6 Å². The van der Waals surface area contributed by atoms with Gasteiger partial charge in [-0.05, 0) is 116 Å². The molecule has 0 aromatic heterocycles. The van der Waals surface area contributed by atoms with Gasteiger partial charge in [-0.3, -0.25) is 10.0 Å². The van der Waals surface area contributed by atoms with Crippen molar-refractivity contribution in [1.82, 2.24) is 5.48 Å². The van der Waals surface area contributed by atoms with Crippen molar-refractivity contribution in [2.24, 2.45) is 56.0 Å². The lowest BCUT2D eigenvalue weighted by atomic mass is 9.33. The number of nitrogens with two attached hydrogens (primary N) is 1. The zero-order valence-corrected chi connectivity index (χ0v) is 51.4. The van der Waals surface area contributed by atoms with Gasteiger partial charge in [-0.2, -0.15) is 0 Å². The van der Waals surface area contributed by atoms with Gasteiger partial charge in [0.1, 0.15) is 97.0 Å². The van der Waals surface area contributed by atoms with Crippen LogP contribution in [0.3, 0.4) is 0 Å². The van der Waals surface area contributed by atoms with Crippen molar-refractivity contribution >= 4 is 12.0 Å². The number of amides is 2. The van der Waals surface area contributed by atoms with Gasteiger partial charge < -0.3 is 125 Å². The molecule has 506 valence electrons. The Morgan fingerprint density at radius 2 is 1.11 bits per heavy atom. The van der Waals surface area contributed by atoms with E-state index in [0.717, 1.165) is 24.8 Å². The monoisotopic (exact) mass is 1270 g/mol. The van der Waals surface area contributed by atoms with Crippen LogP contribution in [0.5, 0.6) is 0 Å². The Kier molecular flexibility index (Phi) is 20.7. The quantitative estimate of drug-likeness (QED) is 0.0325. The number of aliphatic hydroxyl groups is 14. The van der Waals surface area contributed by atoms with Crippen molar-refractivity contribution in [2.45, 2.75) is 274 Å². The molecule has 5 heterocycles. The van der Waals surface area contributed by atoms with Crippen LogP contribution in [-0.2, 0) is 52.2 Å². The summed E-state index contributed by atoms with van der Waals surface area (Å²) in [7, 11) is 0. The number of fused-ring (bicyclic) bond motifs is 7. The Morgan fingerprint density at radius 1 is 0.591 bits per heavy atom. The fraction of sp³-hybridized carbons (Fsp3) is 0.932. The summed E-state index contributed by atoms with van der Waals surface area (Å²) in [6, 6.07) is -0.940. The number of hydrogen-bond donors (Lipinski definition) is 17.